The predicted molar refractivity (Wildman–Crippen MR) is 65.5 cm³/mol. The summed E-state index contributed by atoms with van der Waals surface area (Å²) in [6, 6.07) is 1.27. The number of aliphatic hydroxyl groups is 1. The first-order valence-electron chi connectivity index (χ1n) is 5.54. The van der Waals surface area contributed by atoms with Crippen LogP contribution in [-0.4, -0.2) is 50.7 Å². The van der Waals surface area contributed by atoms with Crippen molar-refractivity contribution >= 4 is 16.3 Å². The predicted octanol–water partition coefficient (Wildman–Crippen LogP) is 0.210. The number of fused-ring (bicyclic) bond motifs is 1. The molecule has 2 heterocycles. The van der Waals surface area contributed by atoms with Crippen molar-refractivity contribution in [3.63, 3.8) is 0 Å². The van der Waals surface area contributed by atoms with Crippen molar-refractivity contribution in [1.82, 2.24) is 19.5 Å². The Kier molecular flexibility index (Phi) is 4.51. The van der Waals surface area contributed by atoms with Gasteiger partial charge >= 0.3 is 0 Å². The normalized spacial score (nSPS) is 11.8. The number of nitrogens with zero attached hydrogens (tertiary/aromatic N) is 4. The second-order valence-corrected chi connectivity index (χ2v) is 4.68. The van der Waals surface area contributed by atoms with Crippen molar-refractivity contribution in [2.75, 3.05) is 19.7 Å². The Bertz CT molecular complexity index is 600. The molecule has 19 heavy (non-hydrogen) atoms. The van der Waals surface area contributed by atoms with E-state index in [0.29, 0.717) is 10.7 Å². The molecule has 2 rings (SSSR count). The Morgan fingerprint density at radius 2 is 2.32 bits per heavy atom. The molecule has 0 amide bonds. The van der Waals surface area contributed by atoms with Crippen molar-refractivity contribution < 1.29 is 13.9 Å². The fraction of sp³-hybridized carbons (Fsp3) is 0.500. The molecular weight excluding hydrogens is 278 g/mol. The molecule has 2 aromatic heterocycles. The van der Waals surface area contributed by atoms with Crippen LogP contribution in [0.25, 0.3) is 4.96 Å². The van der Waals surface area contributed by atoms with Gasteiger partial charge in [0, 0.05) is 19.2 Å². The molecule has 0 saturated heterocycles. The number of rotatable bonds is 6. The second-order valence-electron chi connectivity index (χ2n) is 3.87. The first-order chi connectivity index (χ1) is 9.10. The smallest absolute Gasteiger partial charge is 0.275 e. The molecule has 0 bridgehead atoms. The molecule has 0 aliphatic heterocycles. The van der Waals surface area contributed by atoms with Crippen molar-refractivity contribution in [3.05, 3.63) is 27.6 Å². The first-order valence-corrected chi connectivity index (χ1v) is 6.42. The number of aromatic nitrogens is 3. The maximum Gasteiger partial charge on any atom is 0.275 e. The van der Waals surface area contributed by atoms with Crippen LogP contribution in [0.1, 0.15) is 5.69 Å². The lowest BCUT2D eigenvalue weighted by Crippen LogP contribution is -2.32. The highest BCUT2D eigenvalue weighted by atomic mass is 32.1. The van der Waals surface area contributed by atoms with Crippen molar-refractivity contribution in [2.24, 2.45) is 0 Å². The SMILES string of the molecule is O=c1cc(CN(CCO)CC(F)F)nc2scnn12. The zero-order chi connectivity index (χ0) is 13.8. The summed E-state index contributed by atoms with van der Waals surface area (Å²) in [5.41, 5.74) is 1.53. The van der Waals surface area contributed by atoms with E-state index in [4.69, 9.17) is 5.11 Å². The summed E-state index contributed by atoms with van der Waals surface area (Å²) in [7, 11) is 0. The van der Waals surface area contributed by atoms with E-state index in [0.717, 1.165) is 4.52 Å². The average Bonchev–Trinajstić information content (AvgIpc) is 2.77. The maximum atomic E-state index is 12.4. The first kappa shape index (κ1) is 14.0. The molecule has 9 heteroatoms. The number of alkyl halides is 2. The van der Waals surface area contributed by atoms with E-state index in [9.17, 15) is 13.6 Å². The highest BCUT2D eigenvalue weighted by molar-refractivity contribution is 7.14. The number of hydrogen-bond donors (Lipinski definition) is 1. The van der Waals surface area contributed by atoms with Crippen LogP contribution >= 0.6 is 11.3 Å². The lowest BCUT2D eigenvalue weighted by molar-refractivity contribution is 0.0740. The lowest BCUT2D eigenvalue weighted by atomic mass is 10.3. The molecule has 2 aromatic rings. The van der Waals surface area contributed by atoms with Crippen molar-refractivity contribution in [1.29, 1.82) is 0 Å². The molecule has 0 aliphatic rings. The van der Waals surface area contributed by atoms with Crippen LogP contribution in [0.15, 0.2) is 16.4 Å². The van der Waals surface area contributed by atoms with Crippen LogP contribution in [0.4, 0.5) is 8.78 Å². The third kappa shape index (κ3) is 3.52. The van der Waals surface area contributed by atoms with Gasteiger partial charge in [0.2, 0.25) is 4.96 Å². The minimum Gasteiger partial charge on any atom is -0.395 e. The third-order valence-corrected chi connectivity index (χ3v) is 3.11. The molecule has 0 aromatic carbocycles. The second kappa shape index (κ2) is 6.13. The molecule has 0 saturated carbocycles. The summed E-state index contributed by atoms with van der Waals surface area (Å²) in [5, 5.41) is 12.6. The average molecular weight is 290 g/mol. The van der Waals surface area contributed by atoms with Crippen LogP contribution in [0, 0.1) is 0 Å². The van der Waals surface area contributed by atoms with Gasteiger partial charge in [0.25, 0.3) is 12.0 Å². The quantitative estimate of drug-likeness (QED) is 0.823. The molecule has 0 atom stereocenters. The van der Waals surface area contributed by atoms with Gasteiger partial charge in [-0.05, 0) is 0 Å². The Morgan fingerprint density at radius 3 is 3.00 bits per heavy atom. The zero-order valence-electron chi connectivity index (χ0n) is 9.87. The summed E-state index contributed by atoms with van der Waals surface area (Å²) >= 11 is 1.19. The molecule has 0 unspecified atom stereocenters. The summed E-state index contributed by atoms with van der Waals surface area (Å²) in [6.07, 6.45) is -2.50. The van der Waals surface area contributed by atoms with Gasteiger partial charge in [-0.1, -0.05) is 11.3 Å². The largest absolute Gasteiger partial charge is 0.395 e. The Labute approximate surface area is 110 Å². The van der Waals surface area contributed by atoms with Gasteiger partial charge in [0.1, 0.15) is 5.51 Å². The molecule has 6 nitrogen and oxygen atoms in total. The fourth-order valence-electron chi connectivity index (χ4n) is 1.68. The standard InChI is InChI=1S/C10H12F2N4O2S/c11-8(12)5-15(1-2-17)4-7-3-9(18)16-10(14-7)19-6-13-16/h3,6,8,17H,1-2,4-5H2. The highest BCUT2D eigenvalue weighted by Crippen LogP contribution is 2.07. The molecule has 104 valence electrons. The molecule has 0 fully saturated rings. The zero-order valence-corrected chi connectivity index (χ0v) is 10.7. The van der Waals surface area contributed by atoms with Gasteiger partial charge in [0.15, 0.2) is 0 Å². The number of hydrogen-bond acceptors (Lipinski definition) is 6. The summed E-state index contributed by atoms with van der Waals surface area (Å²) < 4.78 is 25.9. The molecule has 0 aliphatic carbocycles. The summed E-state index contributed by atoms with van der Waals surface area (Å²) in [4.78, 5) is 17.6. The van der Waals surface area contributed by atoms with E-state index in [1.807, 2.05) is 0 Å². The summed E-state index contributed by atoms with van der Waals surface area (Å²) in [6.45, 7) is -0.499. The fourth-order valence-corrected chi connectivity index (χ4v) is 2.33. The Hall–Kier alpha value is -1.45. The number of halogens is 2. The Morgan fingerprint density at radius 1 is 1.53 bits per heavy atom. The summed E-state index contributed by atoms with van der Waals surface area (Å²) in [5.74, 6) is 0. The highest BCUT2D eigenvalue weighted by Gasteiger charge is 2.14. The molecule has 0 radical (unpaired) electrons. The topological polar surface area (TPSA) is 70.7 Å². The monoisotopic (exact) mass is 290 g/mol. The molecule has 0 spiro atoms. The van der Waals surface area contributed by atoms with E-state index in [2.05, 4.69) is 10.1 Å². The van der Waals surface area contributed by atoms with E-state index in [1.54, 1.807) is 0 Å². The minimum absolute atomic E-state index is 0.0918. The van der Waals surface area contributed by atoms with E-state index < -0.39 is 13.0 Å². The van der Waals surface area contributed by atoms with E-state index in [1.165, 1.54) is 27.8 Å². The number of aliphatic hydroxyl groups excluding tert-OH is 1. The van der Waals surface area contributed by atoms with Gasteiger partial charge < -0.3 is 5.11 Å². The van der Waals surface area contributed by atoms with E-state index >= 15 is 0 Å². The van der Waals surface area contributed by atoms with Crippen LogP contribution in [-0.2, 0) is 6.54 Å². The van der Waals surface area contributed by atoms with E-state index in [-0.39, 0.29) is 25.3 Å². The van der Waals surface area contributed by atoms with Gasteiger partial charge in [-0.15, -0.1) is 0 Å². The van der Waals surface area contributed by atoms with Crippen LogP contribution < -0.4 is 5.56 Å². The maximum absolute atomic E-state index is 12.4. The van der Waals surface area contributed by atoms with Crippen molar-refractivity contribution in [2.45, 2.75) is 13.0 Å². The van der Waals surface area contributed by atoms with Crippen LogP contribution in [0.5, 0.6) is 0 Å². The van der Waals surface area contributed by atoms with Gasteiger partial charge in [-0.25, -0.2) is 13.8 Å². The molecular formula is C10H12F2N4O2S. The Balaban J connectivity index is 2.20. The van der Waals surface area contributed by atoms with Crippen molar-refractivity contribution in [3.8, 4) is 0 Å². The molecule has 1 N–H and O–H groups in total. The third-order valence-electron chi connectivity index (χ3n) is 2.44. The van der Waals surface area contributed by atoms with Gasteiger partial charge in [-0.3, -0.25) is 9.69 Å². The van der Waals surface area contributed by atoms with Gasteiger partial charge in [-0.2, -0.15) is 9.61 Å². The van der Waals surface area contributed by atoms with Gasteiger partial charge in [0.05, 0.1) is 18.8 Å². The van der Waals surface area contributed by atoms with Crippen LogP contribution in [0.2, 0.25) is 0 Å². The minimum atomic E-state index is -2.50. The van der Waals surface area contributed by atoms with Crippen LogP contribution in [0.3, 0.4) is 0 Å². The lowest BCUT2D eigenvalue weighted by Gasteiger charge is -2.19.